The van der Waals surface area contributed by atoms with Crippen molar-refractivity contribution in [2.24, 2.45) is 5.73 Å². The van der Waals surface area contributed by atoms with Crippen LogP contribution in [0.1, 0.15) is 19.3 Å². The molecule has 0 bridgehead atoms. The molecule has 15 heavy (non-hydrogen) atoms. The van der Waals surface area contributed by atoms with Gasteiger partial charge in [-0.05, 0) is 19.3 Å². The third kappa shape index (κ3) is 3.75. The fraction of sp³-hybridized carbons (Fsp3) is 1.00. The van der Waals surface area contributed by atoms with Crippen LogP contribution in [-0.2, 0) is 10.0 Å². The lowest BCUT2D eigenvalue weighted by Gasteiger charge is -2.28. The second kappa shape index (κ2) is 5.68. The van der Waals surface area contributed by atoms with Crippen LogP contribution in [0, 0.1) is 0 Å². The lowest BCUT2D eigenvalue weighted by Crippen LogP contribution is -2.42. The fourth-order valence-electron chi connectivity index (χ4n) is 1.64. The molecule has 1 rings (SSSR count). The summed E-state index contributed by atoms with van der Waals surface area (Å²) in [4.78, 5) is 0. The van der Waals surface area contributed by atoms with Gasteiger partial charge in [-0.1, -0.05) is 0 Å². The van der Waals surface area contributed by atoms with Gasteiger partial charge in [0.05, 0.1) is 16.0 Å². The van der Waals surface area contributed by atoms with E-state index >= 15 is 0 Å². The van der Waals surface area contributed by atoms with Crippen molar-refractivity contribution in [1.29, 1.82) is 0 Å². The highest BCUT2D eigenvalue weighted by molar-refractivity contribution is 7.90. The van der Waals surface area contributed by atoms with Gasteiger partial charge in [-0.15, -0.1) is 23.2 Å². The predicted molar refractivity (Wildman–Crippen MR) is 62.9 cm³/mol. The van der Waals surface area contributed by atoms with Gasteiger partial charge >= 0.3 is 0 Å². The van der Waals surface area contributed by atoms with Crippen LogP contribution < -0.4 is 10.5 Å². The Kier molecular flexibility index (Phi) is 5.12. The minimum absolute atomic E-state index is 0.118. The van der Waals surface area contributed by atoms with Crippen LogP contribution in [0.15, 0.2) is 0 Å². The van der Waals surface area contributed by atoms with Crippen LogP contribution in [0.5, 0.6) is 0 Å². The lowest BCUT2D eigenvalue weighted by molar-refractivity contribution is 0.487. The molecule has 0 heterocycles. The highest BCUT2D eigenvalue weighted by Crippen LogP contribution is 2.30. The van der Waals surface area contributed by atoms with Crippen molar-refractivity contribution >= 4 is 33.2 Å². The van der Waals surface area contributed by atoms with Crippen LogP contribution >= 0.6 is 23.2 Å². The summed E-state index contributed by atoms with van der Waals surface area (Å²) in [5, 5.41) is -0.811. The topological polar surface area (TPSA) is 72.2 Å². The first-order valence-electron chi connectivity index (χ1n) is 4.94. The average Bonchev–Trinajstić information content (AvgIpc) is 2.19. The Morgan fingerprint density at radius 1 is 1.27 bits per heavy atom. The molecule has 3 unspecified atom stereocenters. The summed E-state index contributed by atoms with van der Waals surface area (Å²) in [5.74, 6) is 0. The molecule has 3 N–H and O–H groups in total. The Balaban J connectivity index is 2.57. The zero-order valence-electron chi connectivity index (χ0n) is 8.33. The number of alkyl halides is 2. The van der Waals surface area contributed by atoms with E-state index < -0.39 is 15.3 Å². The Hall–Kier alpha value is 0.450. The lowest BCUT2D eigenvalue weighted by atomic mass is 9.99. The van der Waals surface area contributed by atoms with Crippen LogP contribution in [-0.4, -0.2) is 37.5 Å². The van der Waals surface area contributed by atoms with E-state index in [1.807, 2.05) is 0 Å². The fourth-order valence-corrected chi connectivity index (χ4v) is 3.86. The summed E-state index contributed by atoms with van der Waals surface area (Å²) in [6.07, 6.45) is 1.62. The monoisotopic (exact) mass is 274 g/mol. The summed E-state index contributed by atoms with van der Waals surface area (Å²) in [7, 11) is -3.27. The van der Waals surface area contributed by atoms with Crippen molar-refractivity contribution in [2.45, 2.75) is 35.3 Å². The summed E-state index contributed by atoms with van der Waals surface area (Å²) >= 11 is 11.9. The van der Waals surface area contributed by atoms with Gasteiger partial charge in [0.1, 0.15) is 0 Å². The molecule has 7 heteroatoms. The van der Waals surface area contributed by atoms with Crippen molar-refractivity contribution in [3.8, 4) is 0 Å². The maximum absolute atomic E-state index is 11.7. The van der Waals surface area contributed by atoms with Gasteiger partial charge in [-0.2, -0.15) is 0 Å². The summed E-state index contributed by atoms with van der Waals surface area (Å²) in [5.41, 5.74) is 5.24. The molecule has 0 radical (unpaired) electrons. The molecule has 4 nitrogen and oxygen atoms in total. The van der Waals surface area contributed by atoms with Crippen LogP contribution in [0.4, 0.5) is 0 Å². The maximum Gasteiger partial charge on any atom is 0.214 e. The van der Waals surface area contributed by atoms with Gasteiger partial charge in [0, 0.05) is 13.1 Å². The number of nitrogens with one attached hydrogen (secondary N) is 1. The highest BCUT2D eigenvalue weighted by atomic mass is 35.5. The predicted octanol–water partition coefficient (Wildman–Crippen LogP) is 0.632. The van der Waals surface area contributed by atoms with E-state index in [0.717, 1.165) is 0 Å². The first kappa shape index (κ1) is 13.5. The molecule has 1 fully saturated rings. The Morgan fingerprint density at radius 2 is 1.93 bits per heavy atom. The number of hydrogen-bond donors (Lipinski definition) is 2. The van der Waals surface area contributed by atoms with Crippen molar-refractivity contribution < 1.29 is 8.42 Å². The minimum Gasteiger partial charge on any atom is -0.329 e. The molecule has 0 aliphatic heterocycles. The highest BCUT2D eigenvalue weighted by Gasteiger charge is 2.34. The standard InChI is InChI=1S/C8H16Cl2N2O2S/c9-7-2-1-6(5-8(7)10)15(13,14)12-4-3-11/h6-8,12H,1-5,11H2. The van der Waals surface area contributed by atoms with Gasteiger partial charge in [-0.3, -0.25) is 0 Å². The first-order chi connectivity index (χ1) is 6.97. The quantitative estimate of drug-likeness (QED) is 0.739. The molecule has 0 amide bonds. The third-order valence-corrected chi connectivity index (χ3v) is 5.58. The Morgan fingerprint density at radius 3 is 2.47 bits per heavy atom. The summed E-state index contributed by atoms with van der Waals surface area (Å²) < 4.78 is 25.9. The van der Waals surface area contributed by atoms with Crippen molar-refractivity contribution in [2.75, 3.05) is 13.1 Å². The van der Waals surface area contributed by atoms with Gasteiger partial charge in [0.2, 0.25) is 10.0 Å². The zero-order chi connectivity index (χ0) is 11.5. The van der Waals surface area contributed by atoms with Gasteiger partial charge in [-0.25, -0.2) is 13.1 Å². The molecule has 0 aromatic rings. The Bertz CT molecular complexity index is 297. The summed E-state index contributed by atoms with van der Waals surface area (Å²) in [6.45, 7) is 0.574. The normalized spacial score (nSPS) is 32.9. The first-order valence-corrected chi connectivity index (χ1v) is 7.36. The van der Waals surface area contributed by atoms with E-state index in [1.165, 1.54) is 0 Å². The van der Waals surface area contributed by atoms with Crippen molar-refractivity contribution in [1.82, 2.24) is 4.72 Å². The average molecular weight is 275 g/mol. The molecule has 1 saturated carbocycles. The van der Waals surface area contributed by atoms with Crippen molar-refractivity contribution in [3.05, 3.63) is 0 Å². The SMILES string of the molecule is NCCNS(=O)(=O)C1CCC(Cl)C(Cl)C1. The summed E-state index contributed by atoms with van der Waals surface area (Å²) in [6, 6.07) is 0. The Labute approximate surface area is 101 Å². The number of hydrogen-bond acceptors (Lipinski definition) is 3. The molecule has 0 aromatic carbocycles. The second-order valence-corrected chi connectivity index (χ2v) is 6.86. The van der Waals surface area contributed by atoms with E-state index in [0.29, 0.717) is 25.8 Å². The molecule has 1 aliphatic rings. The minimum atomic E-state index is -3.27. The van der Waals surface area contributed by atoms with Gasteiger partial charge in [0.15, 0.2) is 0 Å². The number of halogens is 2. The molecular formula is C8H16Cl2N2O2S. The molecule has 0 saturated heterocycles. The van der Waals surface area contributed by atoms with Crippen LogP contribution in [0.25, 0.3) is 0 Å². The third-order valence-electron chi connectivity index (χ3n) is 2.53. The molecule has 90 valence electrons. The van der Waals surface area contributed by atoms with Gasteiger partial charge in [0.25, 0.3) is 0 Å². The van der Waals surface area contributed by atoms with E-state index in [1.54, 1.807) is 0 Å². The second-order valence-electron chi connectivity index (χ2n) is 3.70. The van der Waals surface area contributed by atoms with E-state index in [2.05, 4.69) is 4.72 Å². The molecular weight excluding hydrogens is 259 g/mol. The maximum atomic E-state index is 11.7. The smallest absolute Gasteiger partial charge is 0.214 e. The molecule has 0 aromatic heterocycles. The van der Waals surface area contributed by atoms with Crippen LogP contribution in [0.2, 0.25) is 0 Å². The number of nitrogens with two attached hydrogens (primary N) is 1. The van der Waals surface area contributed by atoms with Crippen molar-refractivity contribution in [3.63, 3.8) is 0 Å². The molecule has 3 atom stereocenters. The van der Waals surface area contributed by atoms with Gasteiger partial charge < -0.3 is 5.73 Å². The van der Waals surface area contributed by atoms with E-state index in [9.17, 15) is 8.42 Å². The zero-order valence-corrected chi connectivity index (χ0v) is 10.7. The van der Waals surface area contributed by atoms with E-state index in [4.69, 9.17) is 28.9 Å². The molecule has 1 aliphatic carbocycles. The molecule has 0 spiro atoms. The van der Waals surface area contributed by atoms with Crippen LogP contribution in [0.3, 0.4) is 0 Å². The number of rotatable bonds is 4. The number of sulfonamides is 1. The van der Waals surface area contributed by atoms with E-state index in [-0.39, 0.29) is 17.3 Å². The largest absolute Gasteiger partial charge is 0.329 e.